The molecule has 1 aromatic rings. The van der Waals surface area contributed by atoms with Crippen molar-refractivity contribution in [2.24, 2.45) is 5.92 Å². The number of hydroxylamine groups is 1. The predicted molar refractivity (Wildman–Crippen MR) is 77.1 cm³/mol. The van der Waals surface area contributed by atoms with E-state index in [-0.39, 0.29) is 18.1 Å². The van der Waals surface area contributed by atoms with Crippen LogP contribution in [0, 0.1) is 5.92 Å². The van der Waals surface area contributed by atoms with Gasteiger partial charge >= 0.3 is 0 Å². The number of amides is 2. The third-order valence-electron chi connectivity index (χ3n) is 3.78. The molecule has 1 fully saturated rings. The Morgan fingerprint density at radius 3 is 3.00 bits per heavy atom. The number of carbonyl (C=O) groups excluding carboxylic acids is 2. The number of fused-ring (bicyclic) bond motifs is 1. The van der Waals surface area contributed by atoms with Gasteiger partial charge in [0, 0.05) is 18.7 Å². The highest BCUT2D eigenvalue weighted by atomic mass is 16.5. The topological polar surface area (TPSA) is 88.1 Å². The monoisotopic (exact) mass is 306 g/mol. The number of nitrogens with one attached hydrogen (secondary N) is 1. The normalized spacial score (nSPS) is 17.0. The van der Waals surface area contributed by atoms with Gasteiger partial charge in [-0.3, -0.25) is 14.8 Å². The molecule has 7 nitrogen and oxygen atoms in total. The molecule has 7 heteroatoms. The third kappa shape index (κ3) is 3.20. The van der Waals surface area contributed by atoms with Crippen LogP contribution in [0.25, 0.3) is 0 Å². The minimum Gasteiger partial charge on any atom is -0.482 e. The number of rotatable bonds is 6. The van der Waals surface area contributed by atoms with Crippen LogP contribution in [0.1, 0.15) is 23.2 Å². The van der Waals surface area contributed by atoms with Gasteiger partial charge in [-0.25, -0.2) is 5.48 Å². The van der Waals surface area contributed by atoms with Crippen LogP contribution < -0.4 is 15.1 Å². The summed E-state index contributed by atoms with van der Waals surface area (Å²) >= 11 is 0. The van der Waals surface area contributed by atoms with Gasteiger partial charge in [-0.2, -0.15) is 0 Å². The smallest absolute Gasteiger partial charge is 0.274 e. The van der Waals surface area contributed by atoms with Crippen LogP contribution >= 0.6 is 0 Å². The Morgan fingerprint density at radius 2 is 2.27 bits per heavy atom. The van der Waals surface area contributed by atoms with Gasteiger partial charge in [-0.15, -0.1) is 0 Å². The molecule has 0 atom stereocenters. The second-order valence-electron chi connectivity index (χ2n) is 5.48. The van der Waals surface area contributed by atoms with Crippen molar-refractivity contribution in [2.45, 2.75) is 12.8 Å². The predicted octanol–water partition coefficient (Wildman–Crippen LogP) is 0.958. The van der Waals surface area contributed by atoms with Crippen molar-refractivity contribution in [3.8, 4) is 5.75 Å². The number of ether oxygens (including phenoxy) is 2. The molecule has 3 rings (SSSR count). The molecule has 2 aliphatic rings. The number of carbonyl (C=O) groups is 2. The number of hydrogen-bond acceptors (Lipinski definition) is 5. The van der Waals surface area contributed by atoms with Crippen LogP contribution in [0.5, 0.6) is 5.75 Å². The maximum absolute atomic E-state index is 12.0. The Kier molecular flexibility index (Phi) is 4.26. The average molecular weight is 306 g/mol. The Labute approximate surface area is 127 Å². The molecule has 0 saturated heterocycles. The largest absolute Gasteiger partial charge is 0.482 e. The molecule has 1 aliphatic carbocycles. The van der Waals surface area contributed by atoms with E-state index in [1.54, 1.807) is 16.4 Å². The molecule has 2 N–H and O–H groups in total. The molecule has 0 spiro atoms. The first-order chi connectivity index (χ1) is 10.7. The molecule has 1 aliphatic heterocycles. The molecule has 0 aromatic heterocycles. The van der Waals surface area contributed by atoms with E-state index < -0.39 is 5.91 Å². The molecular formula is C15H18N2O5. The van der Waals surface area contributed by atoms with Gasteiger partial charge in [0.25, 0.3) is 11.8 Å². The molecule has 0 radical (unpaired) electrons. The fourth-order valence-corrected chi connectivity index (χ4v) is 2.34. The minimum atomic E-state index is -0.634. The van der Waals surface area contributed by atoms with Gasteiger partial charge in [0.15, 0.2) is 6.61 Å². The van der Waals surface area contributed by atoms with E-state index in [9.17, 15) is 9.59 Å². The van der Waals surface area contributed by atoms with Crippen molar-refractivity contribution in [1.82, 2.24) is 5.48 Å². The summed E-state index contributed by atoms with van der Waals surface area (Å²) in [4.78, 5) is 25.1. The minimum absolute atomic E-state index is 0.0266. The van der Waals surface area contributed by atoms with Gasteiger partial charge < -0.3 is 14.4 Å². The van der Waals surface area contributed by atoms with E-state index >= 15 is 0 Å². The molecule has 2 amide bonds. The van der Waals surface area contributed by atoms with E-state index in [1.165, 1.54) is 25.0 Å². The van der Waals surface area contributed by atoms with E-state index in [4.69, 9.17) is 14.7 Å². The summed E-state index contributed by atoms with van der Waals surface area (Å²) in [7, 11) is 0. The number of nitrogens with zero attached hydrogens (tertiary/aromatic N) is 1. The van der Waals surface area contributed by atoms with Crippen LogP contribution in [0.2, 0.25) is 0 Å². The highest BCUT2D eigenvalue weighted by molar-refractivity contribution is 6.01. The summed E-state index contributed by atoms with van der Waals surface area (Å²) in [6, 6.07) is 4.67. The molecule has 1 heterocycles. The number of benzene rings is 1. The van der Waals surface area contributed by atoms with Gasteiger partial charge in [-0.1, -0.05) is 0 Å². The summed E-state index contributed by atoms with van der Waals surface area (Å²) in [6.07, 6.45) is 2.44. The summed E-state index contributed by atoms with van der Waals surface area (Å²) in [5.74, 6) is 0.402. The van der Waals surface area contributed by atoms with E-state index in [0.717, 1.165) is 6.61 Å². The van der Waals surface area contributed by atoms with Gasteiger partial charge in [0.05, 0.1) is 12.3 Å². The molecule has 0 unspecified atom stereocenters. The van der Waals surface area contributed by atoms with Crippen molar-refractivity contribution in [2.75, 3.05) is 31.3 Å². The molecular weight excluding hydrogens is 288 g/mol. The van der Waals surface area contributed by atoms with Gasteiger partial charge in [0.2, 0.25) is 0 Å². The lowest BCUT2D eigenvalue weighted by molar-refractivity contribution is -0.121. The lowest BCUT2D eigenvalue weighted by Crippen LogP contribution is -2.41. The van der Waals surface area contributed by atoms with Crippen molar-refractivity contribution < 1.29 is 24.3 Å². The standard InChI is InChI=1S/C15H18N2O5/c18-14-9-22-13-4-3-11(15(19)16-20)7-12(13)17(14)5-6-21-8-10-1-2-10/h3-4,7,10,20H,1-2,5-6,8-9H2,(H,16,19). The SMILES string of the molecule is O=C(NO)c1ccc2c(c1)N(CCOCC1CC1)C(=O)CO2. The zero-order valence-electron chi connectivity index (χ0n) is 12.1. The van der Waals surface area contributed by atoms with Crippen molar-refractivity contribution in [3.05, 3.63) is 23.8 Å². The number of anilines is 1. The second-order valence-corrected chi connectivity index (χ2v) is 5.48. The molecule has 118 valence electrons. The summed E-state index contributed by atoms with van der Waals surface area (Å²) in [5.41, 5.74) is 2.35. The first kappa shape index (κ1) is 14.8. The maximum atomic E-state index is 12.0. The van der Waals surface area contributed by atoms with Gasteiger partial charge in [0.1, 0.15) is 5.75 Å². The Bertz CT molecular complexity index is 585. The Hall–Kier alpha value is -2.12. The fourth-order valence-electron chi connectivity index (χ4n) is 2.34. The molecule has 22 heavy (non-hydrogen) atoms. The van der Waals surface area contributed by atoms with Crippen molar-refractivity contribution in [1.29, 1.82) is 0 Å². The third-order valence-corrected chi connectivity index (χ3v) is 3.78. The quantitative estimate of drug-likeness (QED) is 0.464. The van der Waals surface area contributed by atoms with Gasteiger partial charge in [-0.05, 0) is 37.0 Å². The highest BCUT2D eigenvalue weighted by Gasteiger charge is 2.27. The number of hydrogen-bond donors (Lipinski definition) is 2. The lowest BCUT2D eigenvalue weighted by atomic mass is 10.1. The average Bonchev–Trinajstić information content (AvgIpc) is 3.36. The lowest BCUT2D eigenvalue weighted by Gasteiger charge is -2.29. The van der Waals surface area contributed by atoms with E-state index in [2.05, 4.69) is 0 Å². The fraction of sp³-hybridized carbons (Fsp3) is 0.467. The first-order valence-electron chi connectivity index (χ1n) is 7.28. The molecule has 1 aromatic carbocycles. The zero-order valence-corrected chi connectivity index (χ0v) is 12.1. The van der Waals surface area contributed by atoms with Crippen LogP contribution in [-0.2, 0) is 9.53 Å². The summed E-state index contributed by atoms with van der Waals surface area (Å²) in [6.45, 7) is 1.56. The summed E-state index contributed by atoms with van der Waals surface area (Å²) in [5, 5.41) is 8.71. The zero-order chi connectivity index (χ0) is 15.5. The Morgan fingerprint density at radius 1 is 1.45 bits per heavy atom. The summed E-state index contributed by atoms with van der Waals surface area (Å²) < 4.78 is 10.9. The van der Waals surface area contributed by atoms with E-state index in [1.807, 2.05) is 0 Å². The van der Waals surface area contributed by atoms with Crippen molar-refractivity contribution in [3.63, 3.8) is 0 Å². The van der Waals surface area contributed by atoms with Crippen LogP contribution in [0.4, 0.5) is 5.69 Å². The highest BCUT2D eigenvalue weighted by Crippen LogP contribution is 2.33. The van der Waals surface area contributed by atoms with Crippen molar-refractivity contribution >= 4 is 17.5 Å². The second kappa shape index (κ2) is 6.33. The van der Waals surface area contributed by atoms with Crippen LogP contribution in [0.3, 0.4) is 0 Å². The molecule has 1 saturated carbocycles. The first-order valence-corrected chi connectivity index (χ1v) is 7.28. The Balaban J connectivity index is 1.71. The van der Waals surface area contributed by atoms with E-state index in [0.29, 0.717) is 30.5 Å². The van der Waals surface area contributed by atoms with Crippen LogP contribution in [0.15, 0.2) is 18.2 Å². The van der Waals surface area contributed by atoms with Crippen LogP contribution in [-0.4, -0.2) is 43.4 Å². The molecule has 0 bridgehead atoms. The maximum Gasteiger partial charge on any atom is 0.274 e.